The fraction of sp³-hybridized carbons (Fsp3) is 0.0833. The van der Waals surface area contributed by atoms with Crippen molar-refractivity contribution in [2.24, 2.45) is 0 Å². The zero-order valence-corrected chi connectivity index (χ0v) is 10.1. The molecule has 0 spiro atoms. The van der Waals surface area contributed by atoms with Crippen LogP contribution in [0.1, 0.15) is 5.56 Å². The van der Waals surface area contributed by atoms with Crippen molar-refractivity contribution in [2.75, 3.05) is 0 Å². The molecule has 0 aliphatic heterocycles. The van der Waals surface area contributed by atoms with E-state index in [1.54, 1.807) is 18.2 Å². The van der Waals surface area contributed by atoms with E-state index in [9.17, 15) is 4.39 Å². The molecule has 0 fully saturated rings. The Balaban J connectivity index is 2.62. The van der Waals surface area contributed by atoms with Gasteiger partial charge in [0.1, 0.15) is 0 Å². The maximum Gasteiger partial charge on any atom is 0.220 e. The van der Waals surface area contributed by atoms with E-state index in [1.807, 2.05) is 0 Å². The molecule has 2 nitrogen and oxygen atoms in total. The summed E-state index contributed by atoms with van der Waals surface area (Å²) in [7, 11) is 0. The summed E-state index contributed by atoms with van der Waals surface area (Å²) >= 11 is 11.8. The van der Waals surface area contributed by atoms with Crippen molar-refractivity contribution in [1.82, 2.24) is 4.98 Å². The fourth-order valence-electron chi connectivity index (χ4n) is 1.47. The number of aliphatic hydroxyl groups excluding tert-OH is 1. The van der Waals surface area contributed by atoms with Crippen LogP contribution in [0.2, 0.25) is 10.0 Å². The lowest BCUT2D eigenvalue weighted by Crippen LogP contribution is -1.94. The number of aromatic nitrogens is 1. The summed E-state index contributed by atoms with van der Waals surface area (Å²) in [5, 5.41) is 9.84. The van der Waals surface area contributed by atoms with Crippen LogP contribution >= 0.6 is 23.2 Å². The van der Waals surface area contributed by atoms with Crippen LogP contribution in [0.3, 0.4) is 0 Å². The molecule has 0 amide bonds. The van der Waals surface area contributed by atoms with Gasteiger partial charge in [-0.3, -0.25) is 0 Å². The van der Waals surface area contributed by atoms with Gasteiger partial charge < -0.3 is 5.11 Å². The van der Waals surface area contributed by atoms with Gasteiger partial charge in [0.2, 0.25) is 5.95 Å². The van der Waals surface area contributed by atoms with Crippen LogP contribution in [-0.4, -0.2) is 10.1 Å². The second-order valence-electron chi connectivity index (χ2n) is 3.46. The largest absolute Gasteiger partial charge is 0.392 e. The van der Waals surface area contributed by atoms with Crippen molar-refractivity contribution < 1.29 is 9.50 Å². The molecule has 2 aromatic rings. The molecule has 0 unspecified atom stereocenters. The summed E-state index contributed by atoms with van der Waals surface area (Å²) in [5.41, 5.74) is 1.20. The van der Waals surface area contributed by atoms with Gasteiger partial charge in [0.15, 0.2) is 0 Å². The van der Waals surface area contributed by atoms with E-state index in [0.717, 1.165) is 0 Å². The molecule has 1 heterocycles. The van der Waals surface area contributed by atoms with E-state index in [4.69, 9.17) is 28.3 Å². The molecule has 0 bridgehead atoms. The summed E-state index contributed by atoms with van der Waals surface area (Å²) in [5.74, 6) is -0.647. The summed E-state index contributed by atoms with van der Waals surface area (Å²) in [4.78, 5) is 3.57. The van der Waals surface area contributed by atoms with Crippen LogP contribution in [0.4, 0.5) is 4.39 Å². The first-order valence-corrected chi connectivity index (χ1v) is 5.58. The second kappa shape index (κ2) is 5.00. The maximum atomic E-state index is 13.6. The van der Waals surface area contributed by atoms with E-state index in [0.29, 0.717) is 21.2 Å². The third-order valence-corrected chi connectivity index (χ3v) is 2.86. The lowest BCUT2D eigenvalue weighted by Gasteiger charge is -2.07. The van der Waals surface area contributed by atoms with E-state index in [1.165, 1.54) is 12.3 Å². The molecule has 0 aliphatic carbocycles. The van der Waals surface area contributed by atoms with Crippen molar-refractivity contribution in [3.63, 3.8) is 0 Å². The van der Waals surface area contributed by atoms with Gasteiger partial charge in [-0.15, -0.1) is 0 Å². The highest BCUT2D eigenvalue weighted by atomic mass is 35.5. The lowest BCUT2D eigenvalue weighted by atomic mass is 10.1. The number of hydrogen-bond donors (Lipinski definition) is 1. The molecule has 1 aromatic carbocycles. The average molecular weight is 272 g/mol. The SMILES string of the molecule is OCc1cnc(F)c(-c2cc(Cl)ccc2Cl)c1. The van der Waals surface area contributed by atoms with Crippen LogP contribution in [0.25, 0.3) is 11.1 Å². The van der Waals surface area contributed by atoms with Crippen molar-refractivity contribution >= 4 is 23.2 Å². The van der Waals surface area contributed by atoms with Crippen molar-refractivity contribution in [3.05, 3.63) is 52.0 Å². The van der Waals surface area contributed by atoms with Crippen LogP contribution in [-0.2, 0) is 6.61 Å². The Bertz CT molecular complexity index is 560. The normalized spacial score (nSPS) is 10.6. The van der Waals surface area contributed by atoms with Gasteiger partial charge in [0.25, 0.3) is 0 Å². The lowest BCUT2D eigenvalue weighted by molar-refractivity contribution is 0.281. The predicted molar refractivity (Wildman–Crippen MR) is 65.6 cm³/mol. The zero-order valence-electron chi connectivity index (χ0n) is 8.62. The topological polar surface area (TPSA) is 33.1 Å². The average Bonchev–Trinajstić information content (AvgIpc) is 2.33. The number of pyridine rings is 1. The first kappa shape index (κ1) is 12.3. The van der Waals surface area contributed by atoms with Crippen LogP contribution in [0, 0.1) is 5.95 Å². The number of halogens is 3. The molecule has 0 atom stereocenters. The Kier molecular flexibility index (Phi) is 3.62. The quantitative estimate of drug-likeness (QED) is 0.846. The first-order valence-electron chi connectivity index (χ1n) is 4.82. The highest BCUT2D eigenvalue weighted by Gasteiger charge is 2.11. The standard InChI is InChI=1S/C12H8Cl2FNO/c13-8-1-2-11(14)9(4-8)10-3-7(6-17)5-16-12(10)15/h1-5,17H,6H2. The van der Waals surface area contributed by atoms with E-state index in [2.05, 4.69) is 4.98 Å². The molecular weight excluding hydrogens is 264 g/mol. The number of hydrogen-bond acceptors (Lipinski definition) is 2. The van der Waals surface area contributed by atoms with E-state index in [-0.39, 0.29) is 12.2 Å². The summed E-state index contributed by atoms with van der Waals surface area (Å²) in [6.45, 7) is -0.210. The molecule has 0 saturated carbocycles. The van der Waals surface area contributed by atoms with Crippen molar-refractivity contribution in [1.29, 1.82) is 0 Å². The van der Waals surface area contributed by atoms with E-state index >= 15 is 0 Å². The monoisotopic (exact) mass is 271 g/mol. The van der Waals surface area contributed by atoms with Gasteiger partial charge in [-0.1, -0.05) is 23.2 Å². The van der Waals surface area contributed by atoms with Crippen molar-refractivity contribution in [3.8, 4) is 11.1 Å². The van der Waals surface area contributed by atoms with Crippen molar-refractivity contribution in [2.45, 2.75) is 6.61 Å². The zero-order chi connectivity index (χ0) is 12.4. The second-order valence-corrected chi connectivity index (χ2v) is 4.31. The molecule has 0 saturated heterocycles. The summed E-state index contributed by atoms with van der Waals surface area (Å²) < 4.78 is 13.6. The molecule has 2 rings (SSSR count). The Labute approximate surface area is 108 Å². The van der Waals surface area contributed by atoms with Gasteiger partial charge in [-0.25, -0.2) is 4.98 Å². The van der Waals surface area contributed by atoms with Gasteiger partial charge in [-0.05, 0) is 29.8 Å². The first-order chi connectivity index (χ1) is 8.11. The molecule has 1 aromatic heterocycles. The van der Waals surface area contributed by atoms with E-state index < -0.39 is 5.95 Å². The third-order valence-electron chi connectivity index (χ3n) is 2.30. The molecule has 1 N–H and O–H groups in total. The van der Waals surface area contributed by atoms with Gasteiger partial charge in [-0.2, -0.15) is 4.39 Å². The van der Waals surface area contributed by atoms with Crippen LogP contribution < -0.4 is 0 Å². The minimum absolute atomic E-state index is 0.210. The number of rotatable bonds is 2. The fourth-order valence-corrected chi connectivity index (χ4v) is 1.86. The number of benzene rings is 1. The molecule has 5 heteroatoms. The maximum absolute atomic E-state index is 13.6. The summed E-state index contributed by atoms with van der Waals surface area (Å²) in [6, 6.07) is 6.27. The molecule has 88 valence electrons. The minimum Gasteiger partial charge on any atom is -0.392 e. The Morgan fingerprint density at radius 3 is 2.65 bits per heavy atom. The number of aliphatic hydroxyl groups is 1. The predicted octanol–water partition coefficient (Wildman–Crippen LogP) is 3.69. The number of nitrogens with zero attached hydrogens (tertiary/aromatic N) is 1. The molecular formula is C12H8Cl2FNO. The highest BCUT2D eigenvalue weighted by Crippen LogP contribution is 2.32. The highest BCUT2D eigenvalue weighted by molar-refractivity contribution is 6.35. The Morgan fingerprint density at radius 2 is 1.94 bits per heavy atom. The van der Waals surface area contributed by atoms with Crippen LogP contribution in [0.15, 0.2) is 30.5 Å². The minimum atomic E-state index is -0.647. The third kappa shape index (κ3) is 2.57. The van der Waals surface area contributed by atoms with Crippen LogP contribution in [0.5, 0.6) is 0 Å². The molecule has 0 radical (unpaired) electrons. The summed E-state index contributed by atoms with van der Waals surface area (Å²) in [6.07, 6.45) is 1.28. The Hall–Kier alpha value is -1.16. The van der Waals surface area contributed by atoms with Gasteiger partial charge >= 0.3 is 0 Å². The molecule has 0 aliphatic rings. The van der Waals surface area contributed by atoms with Gasteiger partial charge in [0, 0.05) is 27.4 Å². The smallest absolute Gasteiger partial charge is 0.220 e. The molecule has 17 heavy (non-hydrogen) atoms. The Morgan fingerprint density at radius 1 is 1.18 bits per heavy atom. The van der Waals surface area contributed by atoms with Gasteiger partial charge in [0.05, 0.1) is 6.61 Å².